The summed E-state index contributed by atoms with van der Waals surface area (Å²) in [7, 11) is 0. The van der Waals surface area contributed by atoms with Crippen molar-refractivity contribution in [1.29, 1.82) is 0 Å². The van der Waals surface area contributed by atoms with Crippen LogP contribution < -0.4 is 10.2 Å². The third-order valence-corrected chi connectivity index (χ3v) is 8.73. The van der Waals surface area contributed by atoms with E-state index in [-0.39, 0.29) is 11.9 Å². The van der Waals surface area contributed by atoms with Crippen LogP contribution >= 0.6 is 23.1 Å². The molecule has 1 aromatic heterocycles. The number of nitrogens with zero attached hydrogens (tertiary/aromatic N) is 3. The van der Waals surface area contributed by atoms with Gasteiger partial charge in [-0.1, -0.05) is 23.1 Å². The van der Waals surface area contributed by atoms with Crippen molar-refractivity contribution < 1.29 is 9.53 Å². The van der Waals surface area contributed by atoms with E-state index in [1.807, 2.05) is 30.5 Å². The Balaban J connectivity index is 1.19. The molecular weight excluding hydrogens is 416 g/mol. The zero-order valence-electron chi connectivity index (χ0n) is 17.3. The monoisotopic (exact) mass is 444 g/mol. The largest absolute Gasteiger partial charge is 0.378 e. The van der Waals surface area contributed by atoms with Gasteiger partial charge in [-0.05, 0) is 63.0 Å². The van der Waals surface area contributed by atoms with Crippen LogP contribution in [0.15, 0.2) is 39.6 Å². The SMILES string of the molecule is C[C@H]1[C@H](NC(=O)c2ccc(Sc3cnc(N4CCOCC4)s3)cc2)C2CCN1CC2. The molecule has 5 heterocycles. The van der Waals surface area contributed by atoms with Crippen LogP contribution in [0.25, 0.3) is 0 Å². The number of morpholine rings is 1. The number of amides is 1. The molecule has 0 radical (unpaired) electrons. The van der Waals surface area contributed by atoms with Gasteiger partial charge >= 0.3 is 0 Å². The minimum Gasteiger partial charge on any atom is -0.378 e. The van der Waals surface area contributed by atoms with Gasteiger partial charge in [0.1, 0.15) is 0 Å². The number of fused-ring (bicyclic) bond motifs is 3. The van der Waals surface area contributed by atoms with Gasteiger partial charge in [0.15, 0.2) is 5.13 Å². The summed E-state index contributed by atoms with van der Waals surface area (Å²) < 4.78 is 6.58. The number of hydrogen-bond acceptors (Lipinski definition) is 7. The summed E-state index contributed by atoms with van der Waals surface area (Å²) in [5.41, 5.74) is 0.737. The quantitative estimate of drug-likeness (QED) is 0.763. The lowest BCUT2D eigenvalue weighted by atomic mass is 9.79. The second kappa shape index (κ2) is 8.86. The second-order valence-electron chi connectivity index (χ2n) is 8.30. The molecule has 1 aromatic carbocycles. The molecular formula is C22H28N4O2S2. The standard InChI is InChI=1S/C22H28N4O2S2/c1-15-20(16-6-8-25(15)9-7-16)24-21(27)17-2-4-18(5-3-17)29-19-14-23-22(30-19)26-10-12-28-13-11-26/h2-5,14-16,20H,6-13H2,1H3,(H,24,27)/t15-,20-/m0/s1. The molecule has 6 rings (SSSR count). The van der Waals surface area contributed by atoms with E-state index in [1.165, 1.54) is 25.9 Å². The van der Waals surface area contributed by atoms with Crippen LogP contribution in [-0.4, -0.2) is 67.3 Å². The van der Waals surface area contributed by atoms with E-state index in [0.29, 0.717) is 12.0 Å². The van der Waals surface area contributed by atoms with Crippen LogP contribution in [0.1, 0.15) is 30.1 Å². The highest BCUT2D eigenvalue weighted by Gasteiger charge is 2.40. The summed E-state index contributed by atoms with van der Waals surface area (Å²) in [5, 5.41) is 4.37. The Hall–Kier alpha value is -1.61. The summed E-state index contributed by atoms with van der Waals surface area (Å²) in [6, 6.07) is 8.65. The van der Waals surface area contributed by atoms with Crippen LogP contribution in [0.5, 0.6) is 0 Å². The molecule has 4 saturated heterocycles. The molecule has 6 nitrogen and oxygen atoms in total. The minimum atomic E-state index is 0.0459. The highest BCUT2D eigenvalue weighted by atomic mass is 32.2. The van der Waals surface area contributed by atoms with Crippen LogP contribution in [-0.2, 0) is 4.74 Å². The van der Waals surface area contributed by atoms with E-state index in [1.54, 1.807) is 23.1 Å². The van der Waals surface area contributed by atoms with Crippen molar-refractivity contribution in [3.63, 3.8) is 0 Å². The normalized spacial score (nSPS) is 28.5. The van der Waals surface area contributed by atoms with Crippen molar-refractivity contribution in [2.45, 2.75) is 41.0 Å². The smallest absolute Gasteiger partial charge is 0.251 e. The van der Waals surface area contributed by atoms with Crippen molar-refractivity contribution in [3.8, 4) is 0 Å². The average molecular weight is 445 g/mol. The molecule has 4 aliphatic rings. The van der Waals surface area contributed by atoms with Crippen molar-refractivity contribution in [3.05, 3.63) is 36.0 Å². The Morgan fingerprint density at radius 3 is 2.60 bits per heavy atom. The molecule has 0 saturated carbocycles. The Morgan fingerprint density at radius 1 is 1.17 bits per heavy atom. The van der Waals surface area contributed by atoms with Crippen LogP contribution in [0.2, 0.25) is 0 Å². The Morgan fingerprint density at radius 2 is 1.90 bits per heavy atom. The molecule has 160 valence electrons. The van der Waals surface area contributed by atoms with Crippen LogP contribution in [0.4, 0.5) is 5.13 Å². The maximum absolute atomic E-state index is 12.8. The third kappa shape index (κ3) is 4.23. The molecule has 2 aromatic rings. The van der Waals surface area contributed by atoms with Gasteiger partial charge in [0, 0.05) is 35.6 Å². The van der Waals surface area contributed by atoms with Crippen molar-refractivity contribution in [2.24, 2.45) is 5.92 Å². The predicted molar refractivity (Wildman–Crippen MR) is 121 cm³/mol. The summed E-state index contributed by atoms with van der Waals surface area (Å²) in [6.07, 6.45) is 4.34. The molecule has 4 aliphatic heterocycles. The molecule has 0 unspecified atom stereocenters. The highest BCUT2D eigenvalue weighted by Crippen LogP contribution is 2.36. The van der Waals surface area contributed by atoms with Gasteiger partial charge in [-0.25, -0.2) is 4.98 Å². The number of carbonyl (C=O) groups excluding carboxylic acids is 1. The maximum atomic E-state index is 12.8. The van der Waals surface area contributed by atoms with E-state index in [4.69, 9.17) is 4.74 Å². The van der Waals surface area contributed by atoms with Crippen LogP contribution in [0, 0.1) is 5.92 Å². The molecule has 1 N–H and O–H groups in total. The van der Waals surface area contributed by atoms with Gasteiger partial charge < -0.3 is 15.0 Å². The highest BCUT2D eigenvalue weighted by molar-refractivity contribution is 8.01. The molecule has 2 atom stereocenters. The molecule has 8 heteroatoms. The van der Waals surface area contributed by atoms with E-state index in [9.17, 15) is 4.79 Å². The molecule has 0 aliphatic carbocycles. The van der Waals surface area contributed by atoms with Crippen molar-refractivity contribution in [2.75, 3.05) is 44.3 Å². The third-order valence-electron chi connectivity index (χ3n) is 6.56. The molecule has 30 heavy (non-hydrogen) atoms. The zero-order valence-corrected chi connectivity index (χ0v) is 18.9. The number of ether oxygens (including phenoxy) is 1. The number of hydrogen-bond donors (Lipinski definition) is 1. The summed E-state index contributed by atoms with van der Waals surface area (Å²) in [4.78, 5) is 23.3. The number of rotatable bonds is 5. The Kier molecular flexibility index (Phi) is 6.00. The Labute approximate surface area is 186 Å². The van der Waals surface area contributed by atoms with Crippen molar-refractivity contribution >= 4 is 34.1 Å². The summed E-state index contributed by atoms with van der Waals surface area (Å²) in [5.74, 6) is 0.667. The number of anilines is 1. The number of nitrogens with one attached hydrogen (secondary N) is 1. The van der Waals surface area contributed by atoms with E-state index in [0.717, 1.165) is 46.1 Å². The van der Waals surface area contributed by atoms with Gasteiger partial charge in [-0.15, -0.1) is 0 Å². The summed E-state index contributed by atoms with van der Waals surface area (Å²) in [6.45, 7) is 7.94. The van der Waals surface area contributed by atoms with E-state index >= 15 is 0 Å². The number of thiazole rings is 1. The molecule has 1 amide bonds. The lowest BCUT2D eigenvalue weighted by molar-refractivity contribution is 0.0217. The van der Waals surface area contributed by atoms with E-state index < -0.39 is 0 Å². The lowest BCUT2D eigenvalue weighted by Crippen LogP contribution is -2.62. The maximum Gasteiger partial charge on any atom is 0.251 e. The Bertz CT molecular complexity index is 872. The van der Waals surface area contributed by atoms with Gasteiger partial charge in [-0.3, -0.25) is 9.69 Å². The number of aromatic nitrogens is 1. The first-order valence-corrected chi connectivity index (χ1v) is 12.4. The van der Waals surface area contributed by atoms with Gasteiger partial charge in [0.2, 0.25) is 0 Å². The first-order chi connectivity index (χ1) is 14.7. The van der Waals surface area contributed by atoms with Crippen LogP contribution in [0.3, 0.4) is 0 Å². The molecule has 4 fully saturated rings. The fourth-order valence-electron chi connectivity index (χ4n) is 4.77. The number of piperidine rings is 3. The zero-order chi connectivity index (χ0) is 20.5. The second-order valence-corrected chi connectivity index (χ2v) is 10.7. The predicted octanol–water partition coefficient (Wildman–Crippen LogP) is 3.34. The van der Waals surface area contributed by atoms with Gasteiger partial charge in [-0.2, -0.15) is 0 Å². The first kappa shape index (κ1) is 20.3. The summed E-state index contributed by atoms with van der Waals surface area (Å²) >= 11 is 3.41. The van der Waals surface area contributed by atoms with Gasteiger partial charge in [0.05, 0.1) is 23.6 Å². The molecule has 0 spiro atoms. The number of carbonyl (C=O) groups is 1. The van der Waals surface area contributed by atoms with Crippen molar-refractivity contribution in [1.82, 2.24) is 15.2 Å². The fraction of sp³-hybridized carbons (Fsp3) is 0.545. The van der Waals surface area contributed by atoms with Gasteiger partial charge in [0.25, 0.3) is 5.91 Å². The first-order valence-electron chi connectivity index (χ1n) is 10.8. The molecule has 2 bridgehead atoms. The minimum absolute atomic E-state index is 0.0459. The topological polar surface area (TPSA) is 57.7 Å². The lowest BCUT2D eigenvalue weighted by Gasteiger charge is -2.49. The van der Waals surface area contributed by atoms with E-state index in [2.05, 4.69) is 27.0 Å². The average Bonchev–Trinajstić information content (AvgIpc) is 3.26. The number of benzene rings is 1. The fourth-order valence-corrected chi connectivity index (χ4v) is 6.76.